The minimum atomic E-state index is -0.162. The highest BCUT2D eigenvalue weighted by molar-refractivity contribution is 6.94. The number of fused-ring (bicyclic) bond motifs is 10. The highest BCUT2D eigenvalue weighted by atomic mass is 16.3. The molecule has 1 aromatic heterocycles. The van der Waals surface area contributed by atoms with Gasteiger partial charge in [0.2, 0.25) is 0 Å². The van der Waals surface area contributed by atoms with Crippen LogP contribution in [0.25, 0.3) is 55.3 Å². The van der Waals surface area contributed by atoms with Crippen molar-refractivity contribution in [3.8, 4) is 33.4 Å². The highest BCUT2D eigenvalue weighted by Gasteiger charge is 2.49. The second-order valence-electron chi connectivity index (χ2n) is 23.5. The van der Waals surface area contributed by atoms with Crippen LogP contribution >= 0.6 is 0 Å². The Hall–Kier alpha value is -6.78. The molecule has 340 valence electrons. The first-order valence-corrected chi connectivity index (χ1v) is 25.4. The maximum Gasteiger partial charge on any atom is 0.333 e. The molecule has 4 heteroatoms. The summed E-state index contributed by atoms with van der Waals surface area (Å²) in [4.78, 5) is 5.34. The van der Waals surface area contributed by atoms with Crippen molar-refractivity contribution in [1.29, 1.82) is 0 Å². The van der Waals surface area contributed by atoms with Gasteiger partial charge in [-0.2, -0.15) is 0 Å². The molecule has 9 aromatic rings. The zero-order valence-corrected chi connectivity index (χ0v) is 41.7. The first-order valence-electron chi connectivity index (χ1n) is 25.4. The third kappa shape index (κ3) is 6.26. The molecule has 0 fully saturated rings. The van der Waals surface area contributed by atoms with E-state index in [1.54, 1.807) is 0 Å². The Kier molecular flexibility index (Phi) is 8.97. The van der Waals surface area contributed by atoms with Crippen molar-refractivity contribution in [2.45, 2.75) is 110 Å². The summed E-state index contributed by atoms with van der Waals surface area (Å²) >= 11 is 0. The second-order valence-corrected chi connectivity index (χ2v) is 23.5. The summed E-state index contributed by atoms with van der Waals surface area (Å²) in [7, 11) is 0. The van der Waals surface area contributed by atoms with Crippen LogP contribution in [0.2, 0.25) is 0 Å². The van der Waals surface area contributed by atoms with Crippen LogP contribution in [0.5, 0.6) is 0 Å². The number of hydrogen-bond acceptors (Lipinski definition) is 3. The molecule has 2 aliphatic carbocycles. The van der Waals surface area contributed by atoms with Gasteiger partial charge in [0.05, 0.1) is 5.69 Å². The summed E-state index contributed by atoms with van der Waals surface area (Å²) < 4.78 is 7.32. The number of benzene rings is 8. The lowest BCUT2D eigenvalue weighted by atomic mass is 9.43. The van der Waals surface area contributed by atoms with Crippen molar-refractivity contribution < 1.29 is 4.42 Å². The van der Waals surface area contributed by atoms with E-state index in [0.717, 1.165) is 46.9 Å². The Bertz CT molecular complexity index is 3580. The molecule has 0 saturated carbocycles. The number of aryl methyl sites for hydroxylation is 1. The van der Waals surface area contributed by atoms with Crippen LogP contribution in [0.3, 0.4) is 0 Å². The van der Waals surface area contributed by atoms with Gasteiger partial charge in [-0.1, -0.05) is 165 Å². The fourth-order valence-corrected chi connectivity index (χ4v) is 13.0. The predicted molar refractivity (Wildman–Crippen MR) is 294 cm³/mol. The Morgan fingerprint density at radius 1 is 0.449 bits per heavy atom. The van der Waals surface area contributed by atoms with E-state index >= 15 is 0 Å². The van der Waals surface area contributed by atoms with Crippen molar-refractivity contribution in [3.63, 3.8) is 0 Å². The molecule has 69 heavy (non-hydrogen) atoms. The topological polar surface area (TPSA) is 19.6 Å². The fourth-order valence-electron chi connectivity index (χ4n) is 13.0. The zero-order chi connectivity index (χ0) is 47.4. The van der Waals surface area contributed by atoms with Crippen LogP contribution in [-0.2, 0) is 21.7 Å². The van der Waals surface area contributed by atoms with Gasteiger partial charge in [-0.25, -0.2) is 0 Å². The van der Waals surface area contributed by atoms with Crippen LogP contribution in [0.4, 0.5) is 28.4 Å². The Morgan fingerprint density at radius 3 is 1.61 bits per heavy atom. The number of furan rings is 1. The summed E-state index contributed by atoms with van der Waals surface area (Å²) in [5.74, 6) is 0. The summed E-state index contributed by atoms with van der Waals surface area (Å²) in [6, 6.07) is 59.9. The first kappa shape index (κ1) is 42.3. The minimum absolute atomic E-state index is 0.0203. The van der Waals surface area contributed by atoms with Gasteiger partial charge < -0.3 is 14.1 Å². The monoisotopic (exact) mass is 896 g/mol. The molecule has 3 heterocycles. The Balaban J connectivity index is 1.19. The molecule has 0 unspecified atom stereocenters. The normalized spacial score (nSPS) is 17.8. The maximum atomic E-state index is 7.32. The van der Waals surface area contributed by atoms with Gasteiger partial charge in [0.1, 0.15) is 5.58 Å². The van der Waals surface area contributed by atoms with Crippen LogP contribution in [-0.4, -0.2) is 6.85 Å². The van der Waals surface area contributed by atoms with Crippen LogP contribution < -0.4 is 20.6 Å². The van der Waals surface area contributed by atoms with Gasteiger partial charge in [-0.15, -0.1) is 0 Å². The fraction of sp³-hybridized carbons (Fsp3) is 0.262. The number of anilines is 5. The molecule has 0 bridgehead atoms. The van der Waals surface area contributed by atoms with Gasteiger partial charge in [0.15, 0.2) is 5.58 Å². The standard InChI is InChI=1S/C65H61BN2O/c1-40-34-50-52(64(6,7)32-30-62(50,2)3)38-55(40)67-57-35-44(42-20-14-11-15-21-42)26-29-54(57)66-59-48(36-49-46-22-16-17-23-58(46)69-61(49)60(59)67)47-37-51-53(65(8,9)33-31-63(51,4)5)39-56(47)68(66)45-27-24-43(25-28-45)41-18-12-10-13-19-41/h10-29,34-39H,30-33H2,1-9H3. The molecule has 3 nitrogen and oxygen atoms in total. The van der Waals surface area contributed by atoms with Crippen molar-refractivity contribution in [1.82, 2.24) is 0 Å². The third-order valence-electron chi connectivity index (χ3n) is 17.3. The van der Waals surface area contributed by atoms with Gasteiger partial charge in [-0.3, -0.25) is 0 Å². The quantitative estimate of drug-likeness (QED) is 0.164. The van der Waals surface area contributed by atoms with Crippen LogP contribution in [0.15, 0.2) is 162 Å². The average Bonchev–Trinajstić information content (AvgIpc) is 3.73. The van der Waals surface area contributed by atoms with E-state index in [4.69, 9.17) is 4.42 Å². The Morgan fingerprint density at radius 2 is 0.971 bits per heavy atom. The largest absolute Gasteiger partial charge is 0.454 e. The summed E-state index contributed by atoms with van der Waals surface area (Å²) in [5.41, 5.74) is 25.2. The van der Waals surface area contributed by atoms with E-state index in [-0.39, 0.29) is 28.5 Å². The van der Waals surface area contributed by atoms with Crippen molar-refractivity contribution >= 4 is 68.1 Å². The number of para-hydroxylation sites is 1. The molecule has 4 aliphatic rings. The van der Waals surface area contributed by atoms with Crippen LogP contribution in [0, 0.1) is 6.92 Å². The lowest BCUT2D eigenvalue weighted by Crippen LogP contribution is -2.61. The van der Waals surface area contributed by atoms with Crippen molar-refractivity contribution in [3.05, 3.63) is 186 Å². The average molecular weight is 897 g/mol. The van der Waals surface area contributed by atoms with E-state index in [1.807, 2.05) is 0 Å². The Labute approximate surface area is 408 Å². The molecule has 8 aromatic carbocycles. The summed E-state index contributed by atoms with van der Waals surface area (Å²) in [6.07, 6.45) is 4.62. The van der Waals surface area contributed by atoms with E-state index in [2.05, 4.69) is 230 Å². The van der Waals surface area contributed by atoms with Gasteiger partial charge in [-0.05, 0) is 169 Å². The van der Waals surface area contributed by atoms with Crippen molar-refractivity contribution in [2.24, 2.45) is 0 Å². The SMILES string of the molecule is Cc1cc2c(cc1N1c3cc(-c4ccccc4)ccc3B3c4c(cc5c(oc6ccccc65)c41)-c1cc4c(cc1N3c1ccc(-c3ccccc3)cc1)C(C)(C)CCC4(C)C)C(C)(C)CCC2(C)C. The third-order valence-corrected chi connectivity index (χ3v) is 17.3. The molecule has 0 N–H and O–H groups in total. The second kappa shape index (κ2) is 14.6. The number of hydrogen-bond donors (Lipinski definition) is 0. The molecule has 0 atom stereocenters. The van der Waals surface area contributed by atoms with E-state index < -0.39 is 0 Å². The molecule has 0 spiro atoms. The lowest BCUT2D eigenvalue weighted by molar-refractivity contribution is 0.332. The molecular formula is C65H61BN2O. The van der Waals surface area contributed by atoms with E-state index in [1.165, 1.54) is 101 Å². The van der Waals surface area contributed by atoms with E-state index in [0.29, 0.717) is 0 Å². The number of nitrogens with zero attached hydrogens (tertiary/aromatic N) is 2. The smallest absolute Gasteiger partial charge is 0.333 e. The highest BCUT2D eigenvalue weighted by Crippen LogP contribution is 2.56. The summed E-state index contributed by atoms with van der Waals surface area (Å²) in [6.45, 7) is 21.8. The van der Waals surface area contributed by atoms with Gasteiger partial charge in [0, 0.05) is 39.1 Å². The van der Waals surface area contributed by atoms with Gasteiger partial charge in [0.25, 0.3) is 0 Å². The minimum Gasteiger partial charge on any atom is -0.454 e. The number of rotatable bonds is 4. The molecule has 0 amide bonds. The molecule has 2 aliphatic heterocycles. The first-order chi connectivity index (χ1) is 33.1. The zero-order valence-electron chi connectivity index (χ0n) is 41.7. The van der Waals surface area contributed by atoms with Gasteiger partial charge >= 0.3 is 6.85 Å². The van der Waals surface area contributed by atoms with Crippen LogP contribution in [0.1, 0.15) is 109 Å². The predicted octanol–water partition coefficient (Wildman–Crippen LogP) is 16.6. The molecule has 0 radical (unpaired) electrons. The maximum absolute atomic E-state index is 7.32. The molecule has 13 rings (SSSR count). The summed E-state index contributed by atoms with van der Waals surface area (Å²) in [5, 5.41) is 2.31. The van der Waals surface area contributed by atoms with E-state index in [9.17, 15) is 0 Å². The lowest BCUT2D eigenvalue weighted by Gasteiger charge is -2.48. The van der Waals surface area contributed by atoms with Crippen molar-refractivity contribution in [2.75, 3.05) is 9.71 Å². The molecular weight excluding hydrogens is 836 g/mol. The molecule has 0 saturated heterocycles.